The fourth-order valence-electron chi connectivity index (χ4n) is 1.76. The molecule has 1 aromatic rings. The average molecular weight is 272 g/mol. The second kappa shape index (κ2) is 5.96. The number of carbonyl (C=O) groups is 1. The van der Waals surface area contributed by atoms with Crippen LogP contribution in [0.5, 0.6) is 11.5 Å². The van der Waals surface area contributed by atoms with Crippen LogP contribution in [0.1, 0.15) is 19.4 Å². The Bertz CT molecular complexity index is 432. The van der Waals surface area contributed by atoms with E-state index in [0.717, 1.165) is 5.56 Å². The molecule has 0 radical (unpaired) electrons. The third kappa shape index (κ3) is 3.29. The summed E-state index contributed by atoms with van der Waals surface area (Å²) in [5.74, 6) is 1.07. The van der Waals surface area contributed by atoms with Crippen molar-refractivity contribution in [3.05, 3.63) is 23.8 Å². The molecule has 1 N–H and O–H groups in total. The van der Waals surface area contributed by atoms with Gasteiger partial charge in [-0.15, -0.1) is 11.6 Å². The molecular weight excluding hydrogens is 254 g/mol. The fourth-order valence-corrected chi connectivity index (χ4v) is 1.83. The predicted octanol–water partition coefficient (Wildman–Crippen LogP) is 2.29. The van der Waals surface area contributed by atoms with Gasteiger partial charge in [-0.05, 0) is 26.0 Å². The summed E-state index contributed by atoms with van der Waals surface area (Å²) >= 11 is 5.50. The first-order chi connectivity index (χ1) is 8.44. The topological polar surface area (TPSA) is 47.6 Å². The molecule has 0 aromatic heterocycles. The summed E-state index contributed by atoms with van der Waals surface area (Å²) in [6.45, 7) is 3.78. The minimum atomic E-state index is -0.566. The van der Waals surface area contributed by atoms with Crippen molar-refractivity contribution in [1.29, 1.82) is 0 Å². The first-order valence-corrected chi connectivity index (χ1v) is 6.07. The largest absolute Gasteiger partial charge is 0.497 e. The van der Waals surface area contributed by atoms with Gasteiger partial charge in [0.1, 0.15) is 17.4 Å². The van der Waals surface area contributed by atoms with Gasteiger partial charge in [-0.25, -0.2) is 0 Å². The lowest BCUT2D eigenvalue weighted by molar-refractivity contribution is -0.120. The Hall–Kier alpha value is -1.42. The zero-order chi connectivity index (χ0) is 13.8. The first-order valence-electron chi connectivity index (χ1n) is 5.54. The van der Waals surface area contributed by atoms with E-state index in [4.69, 9.17) is 21.1 Å². The van der Waals surface area contributed by atoms with Crippen molar-refractivity contribution < 1.29 is 14.3 Å². The number of hydrogen-bond donors (Lipinski definition) is 1. The van der Waals surface area contributed by atoms with Crippen molar-refractivity contribution in [3.63, 3.8) is 0 Å². The van der Waals surface area contributed by atoms with Crippen LogP contribution in [0.25, 0.3) is 0 Å². The molecule has 0 fully saturated rings. The molecule has 0 aliphatic carbocycles. The molecule has 18 heavy (non-hydrogen) atoms. The van der Waals surface area contributed by atoms with Crippen LogP contribution in [-0.2, 0) is 10.3 Å². The van der Waals surface area contributed by atoms with Gasteiger partial charge in [-0.3, -0.25) is 4.79 Å². The Morgan fingerprint density at radius 3 is 2.50 bits per heavy atom. The monoisotopic (exact) mass is 271 g/mol. The van der Waals surface area contributed by atoms with Crippen molar-refractivity contribution in [3.8, 4) is 11.5 Å². The number of rotatable bonds is 5. The van der Waals surface area contributed by atoms with Crippen LogP contribution in [0.3, 0.4) is 0 Å². The molecule has 0 heterocycles. The Morgan fingerprint density at radius 1 is 1.33 bits per heavy atom. The van der Waals surface area contributed by atoms with Gasteiger partial charge in [0.05, 0.1) is 19.8 Å². The normalized spacial score (nSPS) is 10.9. The molecule has 5 heteroatoms. The number of hydrogen-bond acceptors (Lipinski definition) is 3. The molecule has 0 aliphatic rings. The minimum absolute atomic E-state index is 0.0676. The molecular formula is C13H18ClNO3. The average Bonchev–Trinajstić information content (AvgIpc) is 2.37. The first kappa shape index (κ1) is 14.6. The number of carbonyl (C=O) groups excluding carboxylic acids is 1. The number of amides is 1. The maximum Gasteiger partial charge on any atom is 0.235 e. The highest BCUT2D eigenvalue weighted by Gasteiger charge is 2.26. The van der Waals surface area contributed by atoms with Gasteiger partial charge in [0, 0.05) is 11.6 Å². The van der Waals surface area contributed by atoms with Gasteiger partial charge in [0.25, 0.3) is 0 Å². The van der Waals surface area contributed by atoms with Crippen molar-refractivity contribution in [2.75, 3.05) is 20.1 Å². The van der Waals surface area contributed by atoms with Crippen LogP contribution < -0.4 is 14.8 Å². The van der Waals surface area contributed by atoms with E-state index >= 15 is 0 Å². The molecule has 0 unspecified atom stereocenters. The number of benzene rings is 1. The molecule has 0 aliphatic heterocycles. The van der Waals surface area contributed by atoms with Crippen LogP contribution in [-0.4, -0.2) is 26.0 Å². The van der Waals surface area contributed by atoms with E-state index in [1.807, 2.05) is 26.0 Å². The Labute approximate surface area is 112 Å². The molecule has 1 aromatic carbocycles. The number of methoxy groups -OCH3 is 2. The van der Waals surface area contributed by atoms with E-state index in [2.05, 4.69) is 5.32 Å². The molecule has 1 amide bonds. The maximum absolute atomic E-state index is 11.4. The quantitative estimate of drug-likeness (QED) is 0.836. The zero-order valence-electron chi connectivity index (χ0n) is 11.0. The lowest BCUT2D eigenvalue weighted by Gasteiger charge is -2.28. The molecule has 100 valence electrons. The van der Waals surface area contributed by atoms with Crippen molar-refractivity contribution in [1.82, 2.24) is 5.32 Å². The highest BCUT2D eigenvalue weighted by Crippen LogP contribution is 2.32. The van der Waals surface area contributed by atoms with E-state index in [1.54, 1.807) is 20.3 Å². The van der Waals surface area contributed by atoms with Crippen molar-refractivity contribution in [2.24, 2.45) is 0 Å². The predicted molar refractivity (Wildman–Crippen MR) is 71.4 cm³/mol. The van der Waals surface area contributed by atoms with Gasteiger partial charge in [0.15, 0.2) is 0 Å². The third-order valence-electron chi connectivity index (χ3n) is 2.66. The maximum atomic E-state index is 11.4. The van der Waals surface area contributed by atoms with Crippen molar-refractivity contribution in [2.45, 2.75) is 19.4 Å². The van der Waals surface area contributed by atoms with Gasteiger partial charge < -0.3 is 14.8 Å². The molecule has 0 saturated heterocycles. The SMILES string of the molecule is COc1ccc(C(C)(C)NC(=O)CCl)c(OC)c1. The van der Waals surface area contributed by atoms with E-state index in [1.165, 1.54) is 0 Å². The summed E-state index contributed by atoms with van der Waals surface area (Å²) < 4.78 is 10.5. The van der Waals surface area contributed by atoms with E-state index < -0.39 is 5.54 Å². The molecule has 0 bridgehead atoms. The van der Waals surface area contributed by atoms with Crippen LogP contribution in [0, 0.1) is 0 Å². The number of nitrogens with one attached hydrogen (secondary N) is 1. The zero-order valence-corrected chi connectivity index (χ0v) is 11.8. The van der Waals surface area contributed by atoms with E-state index in [-0.39, 0.29) is 11.8 Å². The van der Waals surface area contributed by atoms with Gasteiger partial charge in [0.2, 0.25) is 5.91 Å². The van der Waals surface area contributed by atoms with E-state index in [9.17, 15) is 4.79 Å². The summed E-state index contributed by atoms with van der Waals surface area (Å²) in [6.07, 6.45) is 0. The molecule has 1 rings (SSSR count). The fraction of sp³-hybridized carbons (Fsp3) is 0.462. The highest BCUT2D eigenvalue weighted by atomic mass is 35.5. The highest BCUT2D eigenvalue weighted by molar-refractivity contribution is 6.27. The summed E-state index contributed by atoms with van der Waals surface area (Å²) in [5, 5.41) is 2.84. The molecule has 0 saturated carbocycles. The third-order valence-corrected chi connectivity index (χ3v) is 2.90. The van der Waals surface area contributed by atoms with Crippen molar-refractivity contribution >= 4 is 17.5 Å². The molecule has 4 nitrogen and oxygen atoms in total. The summed E-state index contributed by atoms with van der Waals surface area (Å²) in [6, 6.07) is 5.47. The second-order valence-electron chi connectivity index (χ2n) is 4.37. The van der Waals surface area contributed by atoms with Crippen LogP contribution >= 0.6 is 11.6 Å². The van der Waals surface area contributed by atoms with Gasteiger partial charge >= 0.3 is 0 Å². The smallest absolute Gasteiger partial charge is 0.235 e. The number of ether oxygens (including phenoxy) is 2. The Kier molecular flexibility index (Phi) is 4.84. The summed E-state index contributed by atoms with van der Waals surface area (Å²) in [5.41, 5.74) is 0.299. The molecule has 0 spiro atoms. The van der Waals surface area contributed by atoms with Gasteiger partial charge in [-0.2, -0.15) is 0 Å². The second-order valence-corrected chi connectivity index (χ2v) is 4.64. The minimum Gasteiger partial charge on any atom is -0.497 e. The Balaban J connectivity index is 3.10. The van der Waals surface area contributed by atoms with Crippen LogP contribution in [0.2, 0.25) is 0 Å². The summed E-state index contributed by atoms with van der Waals surface area (Å²) in [4.78, 5) is 11.4. The van der Waals surface area contributed by atoms with Gasteiger partial charge in [-0.1, -0.05) is 0 Å². The number of alkyl halides is 1. The summed E-state index contributed by atoms with van der Waals surface area (Å²) in [7, 11) is 3.17. The standard InChI is InChI=1S/C13H18ClNO3/c1-13(2,15-12(16)8-14)10-6-5-9(17-3)7-11(10)18-4/h5-7H,8H2,1-4H3,(H,15,16). The lowest BCUT2D eigenvalue weighted by Crippen LogP contribution is -2.41. The van der Waals surface area contributed by atoms with Crippen LogP contribution in [0.15, 0.2) is 18.2 Å². The molecule has 0 atom stereocenters. The van der Waals surface area contributed by atoms with Crippen LogP contribution in [0.4, 0.5) is 0 Å². The van der Waals surface area contributed by atoms with E-state index in [0.29, 0.717) is 11.5 Å². The number of halogens is 1. The lowest BCUT2D eigenvalue weighted by atomic mass is 9.93. The Morgan fingerprint density at radius 2 is 2.00 bits per heavy atom.